The molecule has 4 rings (SSSR count). The number of para-hydroxylation sites is 1. The van der Waals surface area contributed by atoms with Crippen molar-refractivity contribution >= 4 is 17.5 Å². The molecule has 0 amide bonds. The van der Waals surface area contributed by atoms with E-state index in [9.17, 15) is 0 Å². The average molecular weight is 359 g/mol. The summed E-state index contributed by atoms with van der Waals surface area (Å²) in [6, 6.07) is 20.8. The Morgan fingerprint density at radius 3 is 2.59 bits per heavy atom. The third-order valence-corrected chi connectivity index (χ3v) is 4.78. The van der Waals surface area contributed by atoms with Crippen molar-refractivity contribution in [2.75, 3.05) is 43.9 Å². The smallest absolute Gasteiger partial charge is 0.232 e. The Bertz CT molecular complexity index is 908. The van der Waals surface area contributed by atoms with Crippen molar-refractivity contribution in [2.45, 2.75) is 6.42 Å². The standard InChI is InChI=1S/C22H25N5/c1-26(2)15-13-23-21-16-19(17-8-4-3-5-9-17)24-22(25-21)27-14-12-18-10-6-7-11-20(18)27/h3-11,16H,12-15H2,1-2H3,(H,23,24,25). The average Bonchev–Trinajstić information content (AvgIpc) is 3.12. The van der Waals surface area contributed by atoms with Gasteiger partial charge >= 0.3 is 0 Å². The Balaban J connectivity index is 1.70. The van der Waals surface area contributed by atoms with E-state index in [1.807, 2.05) is 24.3 Å². The van der Waals surface area contributed by atoms with E-state index in [4.69, 9.17) is 9.97 Å². The number of nitrogens with one attached hydrogen (secondary N) is 1. The van der Waals surface area contributed by atoms with E-state index in [0.717, 1.165) is 49.1 Å². The molecule has 0 radical (unpaired) electrons. The molecule has 0 saturated carbocycles. The number of hydrogen-bond acceptors (Lipinski definition) is 5. The molecule has 5 heteroatoms. The van der Waals surface area contributed by atoms with Gasteiger partial charge in [0, 0.05) is 37.0 Å². The molecule has 0 aliphatic carbocycles. The molecule has 1 aliphatic heterocycles. The first-order valence-corrected chi connectivity index (χ1v) is 9.39. The second kappa shape index (κ2) is 7.76. The monoisotopic (exact) mass is 359 g/mol. The van der Waals surface area contributed by atoms with Gasteiger partial charge in [-0.2, -0.15) is 4.98 Å². The van der Waals surface area contributed by atoms with E-state index in [0.29, 0.717) is 0 Å². The first-order valence-electron chi connectivity index (χ1n) is 9.39. The molecule has 1 N–H and O–H groups in total. The molecule has 0 unspecified atom stereocenters. The zero-order valence-electron chi connectivity index (χ0n) is 15.9. The molecule has 138 valence electrons. The Labute approximate surface area is 160 Å². The molecule has 1 aromatic heterocycles. The van der Waals surface area contributed by atoms with Crippen LogP contribution in [0.15, 0.2) is 60.7 Å². The first-order chi connectivity index (χ1) is 13.2. The topological polar surface area (TPSA) is 44.3 Å². The molecular weight excluding hydrogens is 334 g/mol. The minimum absolute atomic E-state index is 0.758. The van der Waals surface area contributed by atoms with E-state index in [-0.39, 0.29) is 0 Å². The lowest BCUT2D eigenvalue weighted by atomic mass is 10.1. The van der Waals surface area contributed by atoms with Crippen molar-refractivity contribution in [1.82, 2.24) is 14.9 Å². The molecule has 2 aromatic carbocycles. The minimum Gasteiger partial charge on any atom is -0.369 e. The van der Waals surface area contributed by atoms with E-state index in [2.05, 4.69) is 65.6 Å². The van der Waals surface area contributed by atoms with Crippen LogP contribution in [0.1, 0.15) is 5.56 Å². The van der Waals surface area contributed by atoms with Crippen molar-refractivity contribution in [3.63, 3.8) is 0 Å². The third-order valence-electron chi connectivity index (χ3n) is 4.78. The van der Waals surface area contributed by atoms with Gasteiger partial charge in [0.25, 0.3) is 0 Å². The summed E-state index contributed by atoms with van der Waals surface area (Å²) in [6.07, 6.45) is 1.03. The number of likely N-dealkylation sites (N-methyl/N-ethyl adjacent to an activating group) is 1. The van der Waals surface area contributed by atoms with Gasteiger partial charge in [-0.05, 0) is 32.1 Å². The van der Waals surface area contributed by atoms with E-state index < -0.39 is 0 Å². The van der Waals surface area contributed by atoms with Gasteiger partial charge < -0.3 is 15.1 Å². The third kappa shape index (κ3) is 3.93. The molecular formula is C22H25N5. The second-order valence-corrected chi connectivity index (χ2v) is 7.06. The SMILES string of the molecule is CN(C)CCNc1cc(-c2ccccc2)nc(N2CCc3ccccc32)n1. The normalized spacial score (nSPS) is 13.1. The largest absolute Gasteiger partial charge is 0.369 e. The fourth-order valence-corrected chi connectivity index (χ4v) is 3.36. The minimum atomic E-state index is 0.758. The molecule has 0 saturated heterocycles. The maximum atomic E-state index is 4.89. The zero-order chi connectivity index (χ0) is 18.6. The van der Waals surface area contributed by atoms with Crippen molar-refractivity contribution in [3.8, 4) is 11.3 Å². The molecule has 0 bridgehead atoms. The van der Waals surface area contributed by atoms with Crippen LogP contribution >= 0.6 is 0 Å². The lowest BCUT2D eigenvalue weighted by Crippen LogP contribution is -2.22. The number of benzene rings is 2. The summed E-state index contributed by atoms with van der Waals surface area (Å²) < 4.78 is 0. The van der Waals surface area contributed by atoms with Crippen molar-refractivity contribution in [2.24, 2.45) is 0 Å². The molecule has 0 fully saturated rings. The molecule has 5 nitrogen and oxygen atoms in total. The highest BCUT2D eigenvalue weighted by molar-refractivity contribution is 5.70. The van der Waals surface area contributed by atoms with Gasteiger partial charge in [0.15, 0.2) is 0 Å². The highest BCUT2D eigenvalue weighted by Gasteiger charge is 2.23. The summed E-state index contributed by atoms with van der Waals surface area (Å²) in [5.41, 5.74) is 4.61. The van der Waals surface area contributed by atoms with Gasteiger partial charge in [-0.3, -0.25) is 0 Å². The van der Waals surface area contributed by atoms with Gasteiger partial charge in [-0.1, -0.05) is 48.5 Å². The first kappa shape index (κ1) is 17.5. The number of anilines is 3. The molecule has 1 aliphatic rings. The van der Waals surface area contributed by atoms with Gasteiger partial charge in [0.2, 0.25) is 5.95 Å². The lowest BCUT2D eigenvalue weighted by molar-refractivity contribution is 0.425. The van der Waals surface area contributed by atoms with Crippen LogP contribution in [0.2, 0.25) is 0 Å². The van der Waals surface area contributed by atoms with E-state index >= 15 is 0 Å². The lowest BCUT2D eigenvalue weighted by Gasteiger charge is -2.19. The van der Waals surface area contributed by atoms with Crippen LogP contribution in [-0.2, 0) is 6.42 Å². The summed E-state index contributed by atoms with van der Waals surface area (Å²) in [5, 5.41) is 3.45. The molecule has 2 heterocycles. The summed E-state index contributed by atoms with van der Waals surface area (Å²) >= 11 is 0. The number of aromatic nitrogens is 2. The molecule has 0 atom stereocenters. The number of nitrogens with zero attached hydrogens (tertiary/aromatic N) is 4. The van der Waals surface area contributed by atoms with Crippen LogP contribution in [-0.4, -0.2) is 48.6 Å². The van der Waals surface area contributed by atoms with Crippen molar-refractivity contribution in [3.05, 3.63) is 66.2 Å². The van der Waals surface area contributed by atoms with Crippen LogP contribution in [0, 0.1) is 0 Å². The van der Waals surface area contributed by atoms with Crippen molar-refractivity contribution in [1.29, 1.82) is 0 Å². The van der Waals surface area contributed by atoms with Crippen LogP contribution in [0.25, 0.3) is 11.3 Å². The second-order valence-electron chi connectivity index (χ2n) is 7.06. The van der Waals surface area contributed by atoms with Gasteiger partial charge in [0.05, 0.1) is 5.69 Å². The van der Waals surface area contributed by atoms with Crippen LogP contribution in [0.4, 0.5) is 17.5 Å². The molecule has 0 spiro atoms. The predicted molar refractivity (Wildman–Crippen MR) is 112 cm³/mol. The van der Waals surface area contributed by atoms with E-state index in [1.54, 1.807) is 0 Å². The van der Waals surface area contributed by atoms with Crippen molar-refractivity contribution < 1.29 is 0 Å². The van der Waals surface area contributed by atoms with Gasteiger partial charge in [-0.25, -0.2) is 4.98 Å². The fraction of sp³-hybridized carbons (Fsp3) is 0.273. The highest BCUT2D eigenvalue weighted by atomic mass is 15.3. The Hall–Kier alpha value is -2.92. The Kier molecular flexibility index (Phi) is 5.03. The number of rotatable bonds is 6. The fourth-order valence-electron chi connectivity index (χ4n) is 3.36. The van der Waals surface area contributed by atoms with Crippen LogP contribution in [0.3, 0.4) is 0 Å². The van der Waals surface area contributed by atoms with E-state index in [1.165, 1.54) is 11.3 Å². The number of hydrogen-bond donors (Lipinski definition) is 1. The quantitative estimate of drug-likeness (QED) is 0.725. The van der Waals surface area contributed by atoms with Gasteiger partial charge in [-0.15, -0.1) is 0 Å². The summed E-state index contributed by atoms with van der Waals surface area (Å²) in [6.45, 7) is 2.70. The summed E-state index contributed by atoms with van der Waals surface area (Å²) in [7, 11) is 4.15. The Morgan fingerprint density at radius 2 is 1.78 bits per heavy atom. The summed E-state index contributed by atoms with van der Waals surface area (Å²) in [5.74, 6) is 1.62. The maximum absolute atomic E-state index is 4.89. The Morgan fingerprint density at radius 1 is 1.00 bits per heavy atom. The predicted octanol–water partition coefficient (Wildman–Crippen LogP) is 3.81. The maximum Gasteiger partial charge on any atom is 0.232 e. The highest BCUT2D eigenvalue weighted by Crippen LogP contribution is 2.34. The van der Waals surface area contributed by atoms with Crippen LogP contribution < -0.4 is 10.2 Å². The van der Waals surface area contributed by atoms with Crippen LogP contribution in [0.5, 0.6) is 0 Å². The molecule has 3 aromatic rings. The molecule has 27 heavy (non-hydrogen) atoms. The summed E-state index contributed by atoms with van der Waals surface area (Å²) in [4.78, 5) is 14.1. The van der Waals surface area contributed by atoms with Gasteiger partial charge in [0.1, 0.15) is 5.82 Å². The zero-order valence-corrected chi connectivity index (χ0v) is 15.9. The number of fused-ring (bicyclic) bond motifs is 1.